The molecular formula is C23H22F6N4O2. The molecule has 3 aromatic rings. The molecule has 4 rings (SSSR count). The zero-order chi connectivity index (χ0) is 25.3. The van der Waals surface area contributed by atoms with Crippen molar-refractivity contribution in [1.82, 2.24) is 14.9 Å². The minimum atomic E-state index is -4.92. The van der Waals surface area contributed by atoms with E-state index < -0.39 is 35.5 Å². The van der Waals surface area contributed by atoms with Gasteiger partial charge in [-0.05, 0) is 42.2 Å². The molecule has 35 heavy (non-hydrogen) atoms. The molecular weight excluding hydrogens is 478 g/mol. The molecule has 1 aliphatic rings. The summed E-state index contributed by atoms with van der Waals surface area (Å²) < 4.78 is 86.1. The van der Waals surface area contributed by atoms with Gasteiger partial charge in [-0.25, -0.2) is 9.89 Å². The van der Waals surface area contributed by atoms with Gasteiger partial charge in [-0.2, -0.15) is 36.1 Å². The van der Waals surface area contributed by atoms with Gasteiger partial charge in [-0.1, -0.05) is 30.3 Å². The molecule has 1 N–H and O–H groups in total. The van der Waals surface area contributed by atoms with Gasteiger partial charge in [0.25, 0.3) is 0 Å². The lowest BCUT2D eigenvalue weighted by Gasteiger charge is -2.42. The maximum Gasteiger partial charge on any atom is 0.416 e. The highest BCUT2D eigenvalue weighted by Crippen LogP contribution is 2.38. The number of nitrogens with one attached hydrogen (secondary N) is 1. The van der Waals surface area contributed by atoms with Crippen molar-refractivity contribution in [2.45, 2.75) is 37.2 Å². The molecule has 0 bridgehead atoms. The van der Waals surface area contributed by atoms with Crippen molar-refractivity contribution in [3.63, 3.8) is 0 Å². The molecule has 1 aliphatic heterocycles. The van der Waals surface area contributed by atoms with Gasteiger partial charge in [-0.3, -0.25) is 0 Å². The van der Waals surface area contributed by atoms with Crippen molar-refractivity contribution >= 4 is 0 Å². The molecule has 1 saturated heterocycles. The van der Waals surface area contributed by atoms with Gasteiger partial charge in [0, 0.05) is 18.5 Å². The van der Waals surface area contributed by atoms with E-state index in [1.54, 1.807) is 0 Å². The van der Waals surface area contributed by atoms with E-state index in [1.807, 2.05) is 35.3 Å². The van der Waals surface area contributed by atoms with Gasteiger partial charge < -0.3 is 9.75 Å². The Kier molecular flexibility index (Phi) is 6.67. The number of nitrogens with zero attached hydrogens (tertiary/aromatic N) is 3. The van der Waals surface area contributed by atoms with Crippen LogP contribution in [0.15, 0.2) is 59.7 Å². The molecule has 2 heterocycles. The molecule has 0 amide bonds. The second-order valence-electron chi connectivity index (χ2n) is 8.51. The van der Waals surface area contributed by atoms with E-state index in [1.165, 1.54) is 11.0 Å². The fourth-order valence-corrected chi connectivity index (χ4v) is 4.36. The van der Waals surface area contributed by atoms with E-state index in [2.05, 4.69) is 10.2 Å². The summed E-state index contributed by atoms with van der Waals surface area (Å²) in [5.41, 5.74) is -2.92. The van der Waals surface area contributed by atoms with Gasteiger partial charge in [-0.15, -0.1) is 0 Å². The number of aromatic amines is 1. The molecule has 12 heteroatoms. The SMILES string of the molecule is O=c1[nH]ncn1N1CCC(COCc2cc(C(F)(F)F)cc(C(F)(F)F)c2)(c2ccccc2)CC1. The van der Waals surface area contributed by atoms with E-state index in [-0.39, 0.29) is 23.9 Å². The van der Waals surface area contributed by atoms with Crippen LogP contribution < -0.4 is 10.7 Å². The van der Waals surface area contributed by atoms with E-state index in [0.717, 1.165) is 5.56 Å². The number of hydrogen-bond donors (Lipinski definition) is 1. The Morgan fingerprint density at radius 3 is 2.06 bits per heavy atom. The molecule has 0 spiro atoms. The first-order chi connectivity index (χ1) is 16.5. The van der Waals surface area contributed by atoms with Gasteiger partial charge >= 0.3 is 18.0 Å². The van der Waals surface area contributed by atoms with E-state index in [4.69, 9.17) is 4.74 Å². The van der Waals surface area contributed by atoms with Crippen LogP contribution in [0.3, 0.4) is 0 Å². The molecule has 0 aliphatic carbocycles. The average Bonchev–Trinajstić information content (AvgIpc) is 3.24. The molecule has 0 unspecified atom stereocenters. The van der Waals surface area contributed by atoms with Crippen LogP contribution in [0, 0.1) is 0 Å². The number of piperidine rings is 1. The molecule has 1 fully saturated rings. The molecule has 0 radical (unpaired) electrons. The first-order valence-electron chi connectivity index (χ1n) is 10.8. The minimum Gasteiger partial charge on any atom is -0.376 e. The lowest BCUT2D eigenvalue weighted by molar-refractivity contribution is -0.143. The van der Waals surface area contributed by atoms with Crippen LogP contribution in [0.25, 0.3) is 0 Å². The number of halogens is 6. The monoisotopic (exact) mass is 500 g/mol. The Bertz CT molecular complexity index is 1160. The Morgan fingerprint density at radius 2 is 1.54 bits per heavy atom. The zero-order valence-electron chi connectivity index (χ0n) is 18.4. The van der Waals surface area contributed by atoms with Crippen LogP contribution in [-0.2, 0) is 29.1 Å². The van der Waals surface area contributed by atoms with Crippen molar-refractivity contribution in [2.75, 3.05) is 24.7 Å². The highest BCUT2D eigenvalue weighted by Gasteiger charge is 2.39. The largest absolute Gasteiger partial charge is 0.416 e. The lowest BCUT2D eigenvalue weighted by Crippen LogP contribution is -2.51. The molecule has 6 nitrogen and oxygen atoms in total. The van der Waals surface area contributed by atoms with Gasteiger partial charge in [0.15, 0.2) is 0 Å². The van der Waals surface area contributed by atoms with Gasteiger partial charge in [0.05, 0.1) is 24.3 Å². The molecule has 1 aromatic heterocycles. The lowest BCUT2D eigenvalue weighted by atomic mass is 9.73. The zero-order valence-corrected chi connectivity index (χ0v) is 18.4. The van der Waals surface area contributed by atoms with Gasteiger partial charge in [0.2, 0.25) is 0 Å². The number of benzene rings is 2. The Hall–Kier alpha value is -3.28. The van der Waals surface area contributed by atoms with Crippen LogP contribution in [0.2, 0.25) is 0 Å². The maximum absolute atomic E-state index is 13.2. The molecule has 0 saturated carbocycles. The Morgan fingerprint density at radius 1 is 0.943 bits per heavy atom. The van der Waals surface area contributed by atoms with Crippen molar-refractivity contribution in [1.29, 1.82) is 0 Å². The fourth-order valence-electron chi connectivity index (χ4n) is 4.36. The first-order valence-corrected chi connectivity index (χ1v) is 10.8. The van der Waals surface area contributed by atoms with E-state index in [0.29, 0.717) is 38.1 Å². The summed E-state index contributed by atoms with van der Waals surface area (Å²) in [5, 5.41) is 7.87. The summed E-state index contributed by atoms with van der Waals surface area (Å²) in [6.45, 7) is 0.619. The number of rotatable bonds is 6. The van der Waals surface area contributed by atoms with Crippen molar-refractivity contribution in [3.05, 3.63) is 87.6 Å². The quantitative estimate of drug-likeness (QED) is 0.507. The van der Waals surface area contributed by atoms with Crippen LogP contribution in [0.4, 0.5) is 26.3 Å². The smallest absolute Gasteiger partial charge is 0.376 e. The second-order valence-corrected chi connectivity index (χ2v) is 8.51. The summed E-state index contributed by atoms with van der Waals surface area (Å²) in [4.78, 5) is 11.9. The van der Waals surface area contributed by atoms with E-state index >= 15 is 0 Å². The summed E-state index contributed by atoms with van der Waals surface area (Å²) in [6.07, 6.45) is -7.37. The van der Waals surface area contributed by atoms with Gasteiger partial charge in [0.1, 0.15) is 6.33 Å². The van der Waals surface area contributed by atoms with Crippen LogP contribution in [0.1, 0.15) is 35.1 Å². The highest BCUT2D eigenvalue weighted by atomic mass is 19.4. The van der Waals surface area contributed by atoms with Crippen molar-refractivity contribution in [3.8, 4) is 0 Å². The first kappa shape index (κ1) is 24.8. The third kappa shape index (κ3) is 5.53. The standard InChI is InChI=1S/C23H22F6N4O2/c24-22(25,26)18-10-16(11-19(12-18)23(27,28)29)13-35-14-21(17-4-2-1-3-5-17)6-8-32(9-7-21)33-15-30-31-20(33)34/h1-5,10-12,15H,6-9,13-14H2,(H,31,34). The summed E-state index contributed by atoms with van der Waals surface area (Å²) in [5.74, 6) is 0. The summed E-state index contributed by atoms with van der Waals surface area (Å²) >= 11 is 0. The second kappa shape index (κ2) is 9.40. The maximum atomic E-state index is 13.2. The summed E-state index contributed by atoms with van der Waals surface area (Å²) in [7, 11) is 0. The van der Waals surface area contributed by atoms with Crippen LogP contribution in [-0.4, -0.2) is 34.6 Å². The number of alkyl halides is 6. The van der Waals surface area contributed by atoms with Crippen LogP contribution in [0.5, 0.6) is 0 Å². The minimum absolute atomic E-state index is 0.0860. The number of H-pyrrole nitrogens is 1. The summed E-state index contributed by atoms with van der Waals surface area (Å²) in [6, 6.07) is 10.8. The molecule has 188 valence electrons. The predicted molar refractivity (Wildman–Crippen MR) is 114 cm³/mol. The third-order valence-corrected chi connectivity index (χ3v) is 6.22. The number of hydrogen-bond acceptors (Lipinski definition) is 4. The fraction of sp³-hybridized carbons (Fsp3) is 0.391. The molecule has 0 atom stereocenters. The predicted octanol–water partition coefficient (Wildman–Crippen LogP) is 4.50. The third-order valence-electron chi connectivity index (χ3n) is 6.22. The Labute approximate surface area is 196 Å². The number of ether oxygens (including phenoxy) is 1. The van der Waals surface area contributed by atoms with E-state index in [9.17, 15) is 31.1 Å². The number of aromatic nitrogens is 3. The average molecular weight is 500 g/mol. The topological polar surface area (TPSA) is 63.2 Å². The molecule has 2 aromatic carbocycles. The normalized spacial score (nSPS) is 16.5. The van der Waals surface area contributed by atoms with Crippen LogP contribution >= 0.6 is 0 Å². The highest BCUT2D eigenvalue weighted by molar-refractivity contribution is 5.33. The van der Waals surface area contributed by atoms with Crippen molar-refractivity contribution in [2.24, 2.45) is 0 Å². The Balaban J connectivity index is 1.53. The van der Waals surface area contributed by atoms with Crippen molar-refractivity contribution < 1.29 is 31.1 Å².